The maximum Gasteiger partial charge on any atom is 0.124 e. The van der Waals surface area contributed by atoms with Crippen LogP contribution in [0.1, 0.15) is 134 Å². The number of phenols is 2. The zero-order valence-corrected chi connectivity index (χ0v) is 21.5. The smallest absolute Gasteiger partial charge is 0.124 e. The number of hydrogen-bond acceptors (Lipinski definition) is 3. The van der Waals surface area contributed by atoms with E-state index in [0.717, 1.165) is 35.3 Å². The molecule has 0 aromatic heterocycles. The zero-order chi connectivity index (χ0) is 22.6. The van der Waals surface area contributed by atoms with Crippen LogP contribution in [0.4, 0.5) is 0 Å². The number of unbranched alkanes of at least 4 members (excludes halogenated alkanes) is 9. The molecule has 1 rings (SSSR count). The second-order valence-corrected chi connectivity index (χ2v) is 11.2. The second-order valence-electron chi connectivity index (χ2n) is 9.91. The fraction of sp³-hybridized carbons (Fsp3) is 0.778. The zero-order valence-electron chi connectivity index (χ0n) is 20.6. The van der Waals surface area contributed by atoms with Crippen LogP contribution in [0.3, 0.4) is 0 Å². The van der Waals surface area contributed by atoms with E-state index in [2.05, 4.69) is 34.6 Å². The highest BCUT2D eigenvalue weighted by Gasteiger charge is 2.27. The maximum absolute atomic E-state index is 11.1. The molecule has 0 saturated heterocycles. The molecule has 2 N–H and O–H groups in total. The van der Waals surface area contributed by atoms with E-state index < -0.39 is 0 Å². The lowest BCUT2D eigenvalue weighted by Gasteiger charge is -2.27. The Balaban J connectivity index is 2.57. The molecule has 0 saturated carbocycles. The van der Waals surface area contributed by atoms with Gasteiger partial charge in [-0.05, 0) is 42.6 Å². The predicted octanol–water partition coefficient (Wildman–Crippen LogP) is 9.20. The molecule has 1 unspecified atom stereocenters. The third-order valence-electron chi connectivity index (χ3n) is 6.08. The molecule has 1 atom stereocenters. The minimum absolute atomic E-state index is 0.192. The lowest BCUT2D eigenvalue weighted by atomic mass is 9.83. The largest absolute Gasteiger partial charge is 0.508 e. The van der Waals surface area contributed by atoms with Gasteiger partial charge in [0, 0.05) is 16.4 Å². The van der Waals surface area contributed by atoms with E-state index in [-0.39, 0.29) is 10.7 Å². The maximum atomic E-state index is 11.1. The fourth-order valence-corrected chi connectivity index (χ4v) is 5.64. The number of aromatic hydroxyl groups is 2. The van der Waals surface area contributed by atoms with Gasteiger partial charge in [0.05, 0.1) is 0 Å². The highest BCUT2D eigenvalue weighted by molar-refractivity contribution is 7.99. The molecule has 0 aliphatic heterocycles. The van der Waals surface area contributed by atoms with Crippen LogP contribution < -0.4 is 0 Å². The van der Waals surface area contributed by atoms with Gasteiger partial charge in [0.15, 0.2) is 0 Å². The quantitative estimate of drug-likeness (QED) is 0.212. The van der Waals surface area contributed by atoms with Crippen molar-refractivity contribution in [2.75, 3.05) is 5.75 Å². The second kappa shape index (κ2) is 14.3. The monoisotopic (exact) mass is 436 g/mol. The van der Waals surface area contributed by atoms with Crippen molar-refractivity contribution in [1.82, 2.24) is 0 Å². The van der Waals surface area contributed by atoms with Crippen LogP contribution in [-0.2, 0) is 5.41 Å². The summed E-state index contributed by atoms with van der Waals surface area (Å²) < 4.78 is 0. The molecule has 1 aromatic rings. The predicted molar refractivity (Wildman–Crippen MR) is 135 cm³/mol. The van der Waals surface area contributed by atoms with Gasteiger partial charge in [-0.1, -0.05) is 98.8 Å². The summed E-state index contributed by atoms with van der Waals surface area (Å²) in [7, 11) is 0. The molecule has 0 heterocycles. The van der Waals surface area contributed by atoms with Gasteiger partial charge in [0.25, 0.3) is 0 Å². The Morgan fingerprint density at radius 1 is 0.833 bits per heavy atom. The van der Waals surface area contributed by atoms with Crippen molar-refractivity contribution in [3.8, 4) is 11.5 Å². The van der Waals surface area contributed by atoms with Crippen LogP contribution in [0.25, 0.3) is 0 Å². The number of rotatable bonds is 15. The van der Waals surface area contributed by atoms with E-state index >= 15 is 0 Å². The third-order valence-corrected chi connectivity index (χ3v) is 7.48. The third kappa shape index (κ3) is 9.12. The molecular formula is C27H48O2S. The Labute approximate surface area is 191 Å². The topological polar surface area (TPSA) is 40.5 Å². The Hall–Kier alpha value is -0.830. The molecule has 2 nitrogen and oxygen atoms in total. The average molecular weight is 437 g/mol. The van der Waals surface area contributed by atoms with E-state index in [0.29, 0.717) is 11.5 Å². The van der Waals surface area contributed by atoms with E-state index in [9.17, 15) is 10.2 Å². The average Bonchev–Trinajstić information content (AvgIpc) is 2.68. The number of hydrogen-bond donors (Lipinski definition) is 2. The Morgan fingerprint density at radius 2 is 1.37 bits per heavy atom. The van der Waals surface area contributed by atoms with Crippen molar-refractivity contribution in [3.63, 3.8) is 0 Å². The van der Waals surface area contributed by atoms with E-state index in [1.54, 1.807) is 6.07 Å². The number of phenolic OH excluding ortho intramolecular Hbond substituents is 2. The molecular weight excluding hydrogens is 388 g/mol. The SMILES string of the molecule is CCCCCCCCCCCCSC(CCC)c1c(C)c(O)cc(C(C)(C)C)c1O. The van der Waals surface area contributed by atoms with Gasteiger partial charge in [-0.15, -0.1) is 0 Å². The van der Waals surface area contributed by atoms with Crippen molar-refractivity contribution in [2.45, 2.75) is 129 Å². The molecule has 0 amide bonds. The summed E-state index contributed by atoms with van der Waals surface area (Å²) >= 11 is 1.96. The van der Waals surface area contributed by atoms with Crippen LogP contribution in [-0.4, -0.2) is 16.0 Å². The Bertz CT molecular complexity index is 604. The van der Waals surface area contributed by atoms with Crippen molar-refractivity contribution >= 4 is 11.8 Å². The van der Waals surface area contributed by atoms with Gasteiger partial charge in [0.1, 0.15) is 11.5 Å². The Morgan fingerprint density at radius 3 is 1.87 bits per heavy atom. The van der Waals surface area contributed by atoms with Gasteiger partial charge >= 0.3 is 0 Å². The Kier molecular flexibility index (Phi) is 12.9. The van der Waals surface area contributed by atoms with Crippen LogP contribution in [0, 0.1) is 6.92 Å². The summed E-state index contributed by atoms with van der Waals surface area (Å²) in [4.78, 5) is 0. The molecule has 0 aliphatic rings. The highest BCUT2D eigenvalue weighted by Crippen LogP contribution is 2.47. The summed E-state index contributed by atoms with van der Waals surface area (Å²) in [6.07, 6.45) is 15.7. The molecule has 30 heavy (non-hydrogen) atoms. The van der Waals surface area contributed by atoms with Gasteiger partial charge < -0.3 is 10.2 Å². The molecule has 174 valence electrons. The molecule has 0 bridgehead atoms. The van der Waals surface area contributed by atoms with Crippen LogP contribution in [0.2, 0.25) is 0 Å². The standard InChI is InChI=1S/C27H48O2S/c1-7-9-10-11-12-13-14-15-16-17-19-30-24(18-8-2)25-21(3)23(28)20-22(26(25)29)27(4,5)6/h20,24,28-29H,7-19H2,1-6H3. The molecule has 0 radical (unpaired) electrons. The van der Waals surface area contributed by atoms with Gasteiger partial charge in [-0.3, -0.25) is 0 Å². The highest BCUT2D eigenvalue weighted by atomic mass is 32.2. The fourth-order valence-electron chi connectivity index (χ4n) is 4.13. The van der Waals surface area contributed by atoms with Crippen molar-refractivity contribution in [1.29, 1.82) is 0 Å². The molecule has 1 aromatic carbocycles. The molecule has 0 aliphatic carbocycles. The molecule has 3 heteroatoms. The lowest BCUT2D eigenvalue weighted by molar-refractivity contribution is 0.425. The lowest BCUT2D eigenvalue weighted by Crippen LogP contribution is -2.13. The van der Waals surface area contributed by atoms with Crippen molar-refractivity contribution in [3.05, 3.63) is 22.8 Å². The van der Waals surface area contributed by atoms with Gasteiger partial charge in [-0.25, -0.2) is 0 Å². The van der Waals surface area contributed by atoms with Crippen LogP contribution >= 0.6 is 11.8 Å². The van der Waals surface area contributed by atoms with Gasteiger partial charge in [-0.2, -0.15) is 11.8 Å². The van der Waals surface area contributed by atoms with Crippen molar-refractivity contribution < 1.29 is 10.2 Å². The molecule has 0 fully saturated rings. The summed E-state index contributed by atoms with van der Waals surface area (Å²) in [5.41, 5.74) is 2.46. The van der Waals surface area contributed by atoms with Crippen LogP contribution in [0.5, 0.6) is 11.5 Å². The first kappa shape index (κ1) is 27.2. The minimum atomic E-state index is -0.192. The summed E-state index contributed by atoms with van der Waals surface area (Å²) in [6, 6.07) is 1.75. The number of benzene rings is 1. The summed E-state index contributed by atoms with van der Waals surface area (Å²) in [6.45, 7) is 12.7. The van der Waals surface area contributed by atoms with E-state index in [1.807, 2.05) is 18.7 Å². The van der Waals surface area contributed by atoms with Crippen molar-refractivity contribution in [2.24, 2.45) is 0 Å². The first-order valence-corrected chi connectivity index (χ1v) is 13.5. The van der Waals surface area contributed by atoms with Gasteiger partial charge in [0.2, 0.25) is 0 Å². The normalized spacial score (nSPS) is 13.0. The van der Waals surface area contributed by atoms with E-state index in [4.69, 9.17) is 0 Å². The first-order chi connectivity index (χ1) is 14.2. The first-order valence-electron chi connectivity index (χ1n) is 12.4. The molecule has 0 spiro atoms. The minimum Gasteiger partial charge on any atom is -0.508 e. The number of thioether (sulfide) groups is 1. The summed E-state index contributed by atoms with van der Waals surface area (Å²) in [5, 5.41) is 21.9. The summed E-state index contributed by atoms with van der Waals surface area (Å²) in [5.74, 6) is 1.83. The van der Waals surface area contributed by atoms with E-state index in [1.165, 1.54) is 64.2 Å². The van der Waals surface area contributed by atoms with Crippen LogP contribution in [0.15, 0.2) is 6.07 Å².